The third-order valence-electron chi connectivity index (χ3n) is 2.74. The monoisotopic (exact) mass is 303 g/mol. The third-order valence-corrected chi connectivity index (χ3v) is 2.74. The van der Waals surface area contributed by atoms with E-state index in [1.54, 1.807) is 12.1 Å². The summed E-state index contributed by atoms with van der Waals surface area (Å²) < 4.78 is 0. The number of carbonyl (C=O) groups is 1. The van der Waals surface area contributed by atoms with Crippen LogP contribution in [0.1, 0.15) is 10.4 Å². The average Bonchev–Trinajstić information content (AvgIpc) is 2.49. The molecule has 9 nitrogen and oxygen atoms in total. The lowest BCUT2D eigenvalue weighted by molar-refractivity contribution is -0.394. The zero-order valence-electron chi connectivity index (χ0n) is 10.9. The number of rotatable bonds is 4. The Bertz CT molecular complexity index is 742. The van der Waals surface area contributed by atoms with Gasteiger partial charge >= 0.3 is 0 Å². The molecule has 2 aromatic rings. The number of nitro groups is 2. The van der Waals surface area contributed by atoms with Crippen LogP contribution in [0.2, 0.25) is 0 Å². The van der Waals surface area contributed by atoms with E-state index in [2.05, 4.69) is 5.32 Å². The average molecular weight is 303 g/mol. The highest BCUT2D eigenvalue weighted by Gasteiger charge is 2.20. The number of anilines is 1. The highest BCUT2D eigenvalue weighted by molar-refractivity contribution is 6.05. The number of hydrogen-bond acceptors (Lipinski definition) is 6. The van der Waals surface area contributed by atoms with Crippen molar-refractivity contribution in [2.45, 2.75) is 0 Å². The normalized spacial score (nSPS) is 10.0. The first-order valence-corrected chi connectivity index (χ1v) is 5.91. The van der Waals surface area contributed by atoms with Gasteiger partial charge in [-0.25, -0.2) is 0 Å². The Hall–Kier alpha value is -3.49. The minimum absolute atomic E-state index is 0.0849. The number of amides is 1. The first-order chi connectivity index (χ1) is 10.4. The van der Waals surface area contributed by atoms with Gasteiger partial charge in [0.1, 0.15) is 5.75 Å². The van der Waals surface area contributed by atoms with Crippen LogP contribution in [0.15, 0.2) is 42.5 Å². The number of nitrogens with zero attached hydrogens (tertiary/aromatic N) is 2. The Morgan fingerprint density at radius 1 is 1.00 bits per heavy atom. The van der Waals surface area contributed by atoms with Crippen LogP contribution in [0.4, 0.5) is 17.1 Å². The summed E-state index contributed by atoms with van der Waals surface area (Å²) in [5, 5.41) is 33.4. The summed E-state index contributed by atoms with van der Waals surface area (Å²) >= 11 is 0. The van der Waals surface area contributed by atoms with E-state index in [0.29, 0.717) is 0 Å². The van der Waals surface area contributed by atoms with Crippen molar-refractivity contribution in [2.24, 2.45) is 0 Å². The van der Waals surface area contributed by atoms with Crippen LogP contribution in [0, 0.1) is 20.2 Å². The van der Waals surface area contributed by atoms with Crippen LogP contribution < -0.4 is 5.32 Å². The molecule has 0 aliphatic rings. The zero-order chi connectivity index (χ0) is 16.3. The maximum Gasteiger partial charge on any atom is 0.277 e. The molecule has 0 heterocycles. The van der Waals surface area contributed by atoms with Crippen molar-refractivity contribution >= 4 is 23.0 Å². The van der Waals surface area contributed by atoms with Crippen LogP contribution in [-0.2, 0) is 0 Å². The van der Waals surface area contributed by atoms with Crippen molar-refractivity contribution in [2.75, 3.05) is 5.32 Å². The second-order valence-corrected chi connectivity index (χ2v) is 4.22. The van der Waals surface area contributed by atoms with Crippen LogP contribution in [0.5, 0.6) is 5.75 Å². The number of benzene rings is 2. The van der Waals surface area contributed by atoms with Gasteiger partial charge < -0.3 is 10.4 Å². The molecule has 0 saturated carbocycles. The number of carbonyl (C=O) groups excluding carboxylic acids is 1. The first-order valence-electron chi connectivity index (χ1n) is 5.91. The van der Waals surface area contributed by atoms with Gasteiger partial charge in [-0.1, -0.05) is 12.1 Å². The van der Waals surface area contributed by atoms with Gasteiger partial charge in [-0.3, -0.25) is 25.0 Å². The molecule has 0 aliphatic heterocycles. The molecule has 0 aromatic heterocycles. The number of nitrogens with one attached hydrogen (secondary N) is 1. The number of aromatic hydroxyl groups is 1. The predicted molar refractivity (Wildman–Crippen MR) is 75.8 cm³/mol. The second-order valence-electron chi connectivity index (χ2n) is 4.22. The molecule has 9 heteroatoms. The fraction of sp³-hybridized carbons (Fsp3) is 0. The van der Waals surface area contributed by atoms with Gasteiger partial charge in [0.25, 0.3) is 17.3 Å². The highest BCUT2D eigenvalue weighted by atomic mass is 16.6. The number of para-hydroxylation sites is 2. The number of phenols is 1. The second kappa shape index (κ2) is 5.87. The van der Waals surface area contributed by atoms with Crippen molar-refractivity contribution in [3.63, 3.8) is 0 Å². The van der Waals surface area contributed by atoms with E-state index in [4.69, 9.17) is 0 Å². The molecular weight excluding hydrogens is 294 g/mol. The van der Waals surface area contributed by atoms with E-state index in [9.17, 15) is 30.1 Å². The summed E-state index contributed by atoms with van der Waals surface area (Å²) in [7, 11) is 0. The maximum absolute atomic E-state index is 12.0. The molecule has 0 unspecified atom stereocenters. The van der Waals surface area contributed by atoms with Crippen molar-refractivity contribution in [3.05, 3.63) is 68.3 Å². The fourth-order valence-corrected chi connectivity index (χ4v) is 1.71. The molecule has 1 amide bonds. The zero-order valence-corrected chi connectivity index (χ0v) is 10.9. The van der Waals surface area contributed by atoms with Gasteiger partial charge in [-0.05, 0) is 12.1 Å². The molecule has 0 radical (unpaired) electrons. The quantitative estimate of drug-likeness (QED) is 0.506. The third kappa shape index (κ3) is 3.15. The lowest BCUT2D eigenvalue weighted by atomic mass is 10.1. The summed E-state index contributed by atoms with van der Waals surface area (Å²) in [6.07, 6.45) is 0. The highest BCUT2D eigenvalue weighted by Crippen LogP contribution is 2.25. The molecule has 0 spiro atoms. The van der Waals surface area contributed by atoms with Gasteiger partial charge in [0.15, 0.2) is 0 Å². The standard InChI is InChI=1S/C13H9N3O6/c17-12-4-2-1-3-11(12)14-13(18)8-5-9(15(19)20)7-10(6-8)16(21)22/h1-7,17H,(H,14,18). The van der Waals surface area contributed by atoms with Crippen LogP contribution >= 0.6 is 0 Å². The molecule has 0 bridgehead atoms. The minimum atomic E-state index is -0.830. The van der Waals surface area contributed by atoms with E-state index in [1.165, 1.54) is 12.1 Å². The smallest absolute Gasteiger partial charge is 0.277 e. The summed E-state index contributed by atoms with van der Waals surface area (Å²) in [6, 6.07) is 8.46. The van der Waals surface area contributed by atoms with Crippen molar-refractivity contribution in [3.8, 4) is 5.75 Å². The minimum Gasteiger partial charge on any atom is -0.506 e. The number of hydrogen-bond donors (Lipinski definition) is 2. The molecule has 2 rings (SSSR count). The Kier molecular flexibility index (Phi) is 3.98. The lowest BCUT2D eigenvalue weighted by Gasteiger charge is -2.07. The van der Waals surface area contributed by atoms with Crippen molar-refractivity contribution in [1.29, 1.82) is 0 Å². The van der Waals surface area contributed by atoms with E-state index in [1.807, 2.05) is 0 Å². The summed E-state index contributed by atoms with van der Waals surface area (Å²) in [5.74, 6) is -1.01. The number of phenolic OH excluding ortho intramolecular Hbond substituents is 1. The fourth-order valence-electron chi connectivity index (χ4n) is 1.71. The van der Waals surface area contributed by atoms with Gasteiger partial charge in [0.2, 0.25) is 0 Å². The van der Waals surface area contributed by atoms with Crippen LogP contribution in [0.25, 0.3) is 0 Å². The van der Waals surface area contributed by atoms with Crippen LogP contribution in [-0.4, -0.2) is 20.9 Å². The molecule has 2 aromatic carbocycles. The molecule has 0 saturated heterocycles. The molecule has 22 heavy (non-hydrogen) atoms. The summed E-state index contributed by atoms with van der Waals surface area (Å²) in [4.78, 5) is 31.9. The van der Waals surface area contributed by atoms with Crippen molar-refractivity contribution < 1.29 is 19.7 Å². The van der Waals surface area contributed by atoms with Gasteiger partial charge in [-0.2, -0.15) is 0 Å². The molecule has 0 atom stereocenters. The van der Waals surface area contributed by atoms with Gasteiger partial charge in [-0.15, -0.1) is 0 Å². The molecule has 2 N–H and O–H groups in total. The Morgan fingerprint density at radius 3 is 2.05 bits per heavy atom. The summed E-state index contributed by atoms with van der Waals surface area (Å²) in [6.45, 7) is 0. The summed E-state index contributed by atoms with van der Waals surface area (Å²) in [5.41, 5.74) is -1.32. The van der Waals surface area contributed by atoms with Crippen LogP contribution in [0.3, 0.4) is 0 Å². The molecule has 0 fully saturated rings. The molecule has 0 aliphatic carbocycles. The van der Waals surface area contributed by atoms with E-state index in [-0.39, 0.29) is 17.0 Å². The molecule has 112 valence electrons. The number of non-ortho nitro benzene ring substituents is 2. The lowest BCUT2D eigenvalue weighted by Crippen LogP contribution is -2.12. The maximum atomic E-state index is 12.0. The van der Waals surface area contributed by atoms with Gasteiger partial charge in [0.05, 0.1) is 27.2 Å². The first kappa shape index (κ1) is 14.9. The van der Waals surface area contributed by atoms with Crippen molar-refractivity contribution in [1.82, 2.24) is 0 Å². The Labute approximate surface area is 123 Å². The van der Waals surface area contributed by atoms with Gasteiger partial charge in [0, 0.05) is 12.1 Å². The predicted octanol–water partition coefficient (Wildman–Crippen LogP) is 2.46. The Balaban J connectivity index is 2.39. The largest absolute Gasteiger partial charge is 0.506 e. The van der Waals surface area contributed by atoms with E-state index >= 15 is 0 Å². The number of nitro benzene ring substituents is 2. The topological polar surface area (TPSA) is 136 Å². The van der Waals surface area contributed by atoms with E-state index in [0.717, 1.165) is 18.2 Å². The molecular formula is C13H9N3O6. The Morgan fingerprint density at radius 2 is 1.55 bits per heavy atom. The SMILES string of the molecule is O=C(Nc1ccccc1O)c1cc([N+](=O)[O-])cc([N+](=O)[O-])c1. The van der Waals surface area contributed by atoms with E-state index < -0.39 is 27.1 Å².